The van der Waals surface area contributed by atoms with Gasteiger partial charge in [0.2, 0.25) is 23.0 Å². The summed E-state index contributed by atoms with van der Waals surface area (Å²) < 4.78 is 24.0. The molecular formula is C37H38ClN3O12. The van der Waals surface area contributed by atoms with Crippen LogP contribution in [0.3, 0.4) is 0 Å². The Morgan fingerprint density at radius 3 is 2.43 bits per heavy atom. The standard InChI is InChI=1S/C37H38ClN3O12/c1-17-9-25(43)30(34(45)37(17)35(46)31-27(51-3)13-28(52-4)32(38)33(31)53-37)21(19-5-8-24(42)26(11-19)50-2)12-29(44)39-14-18-10-20(16-39)22-6-7-23(41(48)49)36(47)40(22)15-18/h5-8,11,13,17-18,20-21,41-42,45,48H,9-10,12,14-16H2,1-4H3/t17-,18-,20+,21?,37+/m1/s1. The molecule has 4 N–H and O–H groups in total. The molecular weight excluding hydrogens is 714 g/mol. The number of halogens is 1. The average molecular weight is 752 g/mol. The van der Waals surface area contributed by atoms with Gasteiger partial charge in [0.25, 0.3) is 0 Å². The first kappa shape index (κ1) is 36.3. The molecule has 2 unspecified atom stereocenters. The van der Waals surface area contributed by atoms with E-state index in [1.807, 2.05) is 0 Å². The third kappa shape index (κ3) is 5.61. The van der Waals surface area contributed by atoms with E-state index < -0.39 is 45.5 Å². The molecule has 4 heterocycles. The van der Waals surface area contributed by atoms with Gasteiger partial charge in [0.15, 0.2) is 28.8 Å². The molecule has 2 aromatic carbocycles. The fourth-order valence-corrected chi connectivity index (χ4v) is 8.72. The Labute approximate surface area is 308 Å². The van der Waals surface area contributed by atoms with Gasteiger partial charge in [0.1, 0.15) is 22.1 Å². The minimum atomic E-state index is -2.09. The van der Waals surface area contributed by atoms with Crippen molar-refractivity contribution in [1.82, 2.24) is 9.47 Å². The molecule has 7 rings (SSSR count). The smallest absolute Gasteiger partial charge is 0.315 e. The number of methoxy groups -OCH3 is 3. The van der Waals surface area contributed by atoms with Crippen molar-refractivity contribution in [2.24, 2.45) is 11.8 Å². The van der Waals surface area contributed by atoms with Crippen LogP contribution in [0.1, 0.15) is 59.6 Å². The van der Waals surface area contributed by atoms with Gasteiger partial charge in [-0.3, -0.25) is 19.2 Å². The highest BCUT2D eigenvalue weighted by Crippen LogP contribution is 2.56. The summed E-state index contributed by atoms with van der Waals surface area (Å²) in [4.78, 5) is 57.5. The molecule has 16 heteroatoms. The maximum Gasteiger partial charge on any atom is 0.315 e. The number of quaternary nitrogens is 1. The van der Waals surface area contributed by atoms with E-state index in [1.54, 1.807) is 17.9 Å². The quantitative estimate of drug-likeness (QED) is 0.245. The summed E-state index contributed by atoms with van der Waals surface area (Å²) in [6, 6.07) is 8.66. The maximum absolute atomic E-state index is 14.5. The first-order valence-electron chi connectivity index (χ1n) is 17.0. The molecule has 3 aliphatic heterocycles. The van der Waals surface area contributed by atoms with Gasteiger partial charge in [-0.05, 0) is 36.1 Å². The minimum Gasteiger partial charge on any atom is -0.595 e. The van der Waals surface area contributed by atoms with E-state index in [0.717, 1.165) is 0 Å². The maximum atomic E-state index is 14.5. The number of piperidine rings is 1. The number of carbonyl (C=O) groups is 3. The van der Waals surface area contributed by atoms with E-state index >= 15 is 0 Å². The number of benzene rings is 2. The van der Waals surface area contributed by atoms with Crippen LogP contribution in [0, 0.1) is 17.0 Å². The number of aliphatic hydroxyl groups excluding tert-OH is 1. The van der Waals surface area contributed by atoms with Gasteiger partial charge in [-0.25, -0.2) is 5.21 Å². The highest BCUT2D eigenvalue weighted by molar-refractivity contribution is 6.35. The van der Waals surface area contributed by atoms with Gasteiger partial charge in [0, 0.05) is 73.6 Å². The summed E-state index contributed by atoms with van der Waals surface area (Å²) in [6.45, 7) is 2.33. The molecule has 1 fully saturated rings. The van der Waals surface area contributed by atoms with E-state index in [9.17, 15) is 39.8 Å². The minimum absolute atomic E-state index is 0.0272. The molecule has 0 radical (unpaired) electrons. The zero-order valence-corrected chi connectivity index (χ0v) is 30.1. The van der Waals surface area contributed by atoms with Gasteiger partial charge < -0.3 is 43.8 Å². The Bertz CT molecular complexity index is 2150. The number of rotatable bonds is 8. The molecule has 15 nitrogen and oxygen atoms in total. The van der Waals surface area contributed by atoms with E-state index in [0.29, 0.717) is 17.7 Å². The summed E-state index contributed by atoms with van der Waals surface area (Å²) >= 11 is 6.62. The lowest BCUT2D eigenvalue weighted by Gasteiger charge is -2.43. The van der Waals surface area contributed by atoms with Crippen molar-refractivity contribution in [1.29, 1.82) is 0 Å². The third-order valence-corrected chi connectivity index (χ3v) is 11.4. The van der Waals surface area contributed by atoms with Crippen LogP contribution in [0.2, 0.25) is 5.02 Å². The number of aliphatic hydroxyl groups is 1. The van der Waals surface area contributed by atoms with Crippen LogP contribution < -0.4 is 29.7 Å². The second kappa shape index (κ2) is 13.4. The summed E-state index contributed by atoms with van der Waals surface area (Å²) in [5.41, 5.74) is -2.25. The lowest BCUT2D eigenvalue weighted by Crippen LogP contribution is -3.00. The third-order valence-electron chi connectivity index (χ3n) is 11.0. The molecule has 1 aliphatic carbocycles. The van der Waals surface area contributed by atoms with E-state index in [-0.39, 0.29) is 101 Å². The van der Waals surface area contributed by atoms with Gasteiger partial charge in [-0.1, -0.05) is 24.6 Å². The normalized spacial score (nSPS) is 24.4. The van der Waals surface area contributed by atoms with Gasteiger partial charge in [-0.2, -0.15) is 5.23 Å². The molecule has 6 atom stereocenters. The van der Waals surface area contributed by atoms with Crippen molar-refractivity contribution >= 4 is 34.8 Å². The Kier molecular flexibility index (Phi) is 9.17. The molecule has 4 aliphatic rings. The fraction of sp³-hybridized carbons (Fsp3) is 0.405. The molecule has 1 saturated heterocycles. The summed E-state index contributed by atoms with van der Waals surface area (Å²) in [5.74, 6) is -4.57. The second-order valence-corrected chi connectivity index (χ2v) is 14.3. The Morgan fingerprint density at radius 1 is 1.04 bits per heavy atom. The van der Waals surface area contributed by atoms with Gasteiger partial charge in [0.05, 0.1) is 21.3 Å². The Balaban J connectivity index is 1.30. The number of amides is 1. The number of ketones is 2. The lowest BCUT2D eigenvalue weighted by atomic mass is 9.69. The Hall–Kier alpha value is -5.09. The number of phenols is 1. The predicted molar refractivity (Wildman–Crippen MR) is 187 cm³/mol. The van der Waals surface area contributed by atoms with Gasteiger partial charge in [-0.15, -0.1) is 0 Å². The number of hydrogen-bond donors (Lipinski definition) is 4. The number of likely N-dealkylation sites (tertiary alicyclic amines) is 1. The number of fused-ring (bicyclic) bond motifs is 5. The number of carbonyl (C=O) groups excluding carboxylic acids is 3. The average Bonchev–Trinajstić information content (AvgIpc) is 3.45. The molecule has 1 aromatic heterocycles. The summed E-state index contributed by atoms with van der Waals surface area (Å²) in [6.07, 6.45) is 0.135. The summed E-state index contributed by atoms with van der Waals surface area (Å²) in [5, 5.41) is 42.5. The number of pyridine rings is 1. The zero-order chi connectivity index (χ0) is 38.1. The topological polar surface area (TPSA) is 202 Å². The fourth-order valence-electron chi connectivity index (χ4n) is 8.45. The van der Waals surface area contributed by atoms with Crippen molar-refractivity contribution < 1.29 is 54.0 Å². The van der Waals surface area contributed by atoms with Gasteiger partial charge >= 0.3 is 5.56 Å². The van der Waals surface area contributed by atoms with Crippen LogP contribution in [0.15, 0.2) is 52.5 Å². The number of phenolic OH excluding ortho intramolecular Hbond substituents is 1. The van der Waals surface area contributed by atoms with Crippen LogP contribution in [-0.2, 0) is 16.1 Å². The van der Waals surface area contributed by atoms with Crippen molar-refractivity contribution in [3.8, 4) is 28.7 Å². The number of hydrogen-bond acceptors (Lipinski definition) is 12. The number of aromatic nitrogens is 1. The van der Waals surface area contributed by atoms with Crippen molar-refractivity contribution in [3.63, 3.8) is 0 Å². The van der Waals surface area contributed by atoms with Crippen LogP contribution in [0.5, 0.6) is 28.7 Å². The summed E-state index contributed by atoms with van der Waals surface area (Å²) in [7, 11) is 4.09. The molecule has 280 valence electrons. The number of allylic oxidation sites excluding steroid dienone is 1. The molecule has 2 bridgehead atoms. The Morgan fingerprint density at radius 2 is 1.75 bits per heavy atom. The number of nitrogens with one attached hydrogen (secondary N) is 1. The molecule has 0 saturated carbocycles. The largest absolute Gasteiger partial charge is 0.595 e. The number of nitrogens with zero attached hydrogens (tertiary/aromatic N) is 2. The highest BCUT2D eigenvalue weighted by Gasteiger charge is 2.61. The first-order valence-corrected chi connectivity index (χ1v) is 17.4. The zero-order valence-electron chi connectivity index (χ0n) is 29.3. The van der Waals surface area contributed by atoms with Crippen LogP contribution in [0.4, 0.5) is 5.69 Å². The van der Waals surface area contributed by atoms with E-state index in [2.05, 4.69) is 0 Å². The number of aromatic hydroxyl groups is 1. The van der Waals surface area contributed by atoms with Crippen molar-refractivity contribution in [2.45, 2.75) is 50.2 Å². The predicted octanol–water partition coefficient (Wildman–Crippen LogP) is 3.19. The molecule has 1 amide bonds. The van der Waals surface area contributed by atoms with Crippen LogP contribution >= 0.6 is 11.6 Å². The second-order valence-electron chi connectivity index (χ2n) is 13.9. The lowest BCUT2D eigenvalue weighted by molar-refractivity contribution is -0.992. The van der Waals surface area contributed by atoms with Crippen molar-refractivity contribution in [3.05, 3.63) is 85.1 Å². The number of Topliss-reactive ketones (excluding diaryl/α,β-unsaturated/α-hetero) is 2. The highest BCUT2D eigenvalue weighted by atomic mass is 35.5. The van der Waals surface area contributed by atoms with Crippen LogP contribution in [0.25, 0.3) is 0 Å². The monoisotopic (exact) mass is 751 g/mol. The van der Waals surface area contributed by atoms with E-state index in [4.69, 9.17) is 30.5 Å². The molecule has 3 aromatic rings. The number of ether oxygens (including phenoxy) is 4. The first-order chi connectivity index (χ1) is 25.2. The molecule has 1 spiro atoms. The van der Waals surface area contributed by atoms with Crippen molar-refractivity contribution in [2.75, 3.05) is 34.4 Å². The molecule has 53 heavy (non-hydrogen) atoms. The van der Waals surface area contributed by atoms with Crippen LogP contribution in [-0.4, -0.2) is 82.4 Å². The SMILES string of the molecule is COc1cc(C(CC(=O)N2C[C@H]3C[C@@H](C2)c2ccc([NH+]([O-])O)c(=O)n2C3)C2=C(O)[C@@]3(Oc4c(Cl)c(OC)cc(OC)c4C3=O)[C@H](C)CC2=O)ccc1O. The van der Waals surface area contributed by atoms with E-state index in [1.165, 1.54) is 56.2 Å².